The number of hydrogen-bond donors (Lipinski definition) is 1. The van der Waals surface area contributed by atoms with Crippen molar-refractivity contribution in [3.8, 4) is 0 Å². The first-order chi connectivity index (χ1) is 6.06. The Labute approximate surface area is 91.6 Å². The van der Waals surface area contributed by atoms with E-state index >= 15 is 0 Å². The molecule has 0 bridgehead atoms. The monoisotopic (exact) mass is 309 g/mol. The van der Waals surface area contributed by atoms with Crippen molar-refractivity contribution in [3.05, 3.63) is 28.0 Å². The number of carbonyl (C=O) groups is 1. The van der Waals surface area contributed by atoms with Crippen LogP contribution in [0.2, 0.25) is 0 Å². The van der Waals surface area contributed by atoms with E-state index in [1.165, 1.54) is 6.07 Å². The summed E-state index contributed by atoms with van der Waals surface area (Å²) < 4.78 is 13.4. The van der Waals surface area contributed by atoms with Crippen LogP contribution in [-0.2, 0) is 0 Å². The second-order valence-electron chi connectivity index (χ2n) is 2.41. The van der Waals surface area contributed by atoms with Crippen LogP contribution in [0, 0.1) is 5.82 Å². The maximum Gasteiger partial charge on any atom is 0.173 e. The van der Waals surface area contributed by atoms with Gasteiger partial charge in [-0.25, -0.2) is 4.39 Å². The lowest BCUT2D eigenvalue weighted by atomic mass is 10.1. The number of hydrogen-bond acceptors (Lipinski definition) is 2. The summed E-state index contributed by atoms with van der Waals surface area (Å²) >= 11 is 6.06. The first kappa shape index (κ1) is 10.7. The Morgan fingerprint density at radius 3 is 2.62 bits per heavy atom. The largest absolute Gasteiger partial charge is 0.395 e. The number of nitrogen functional groups attached to an aromatic ring is 1. The van der Waals surface area contributed by atoms with Crippen LogP contribution in [-0.4, -0.2) is 11.1 Å². The third-order valence-corrected chi connectivity index (χ3v) is 2.69. The standard InChI is InChI=1S/C8H6Br2FNO/c9-3-7(13)4-1-5(10)8(12)6(11)2-4/h1-2H,3,12H2. The second-order valence-corrected chi connectivity index (χ2v) is 3.83. The molecule has 2 nitrogen and oxygen atoms in total. The summed E-state index contributed by atoms with van der Waals surface area (Å²) in [5.41, 5.74) is 5.67. The number of rotatable bonds is 2. The molecule has 70 valence electrons. The minimum Gasteiger partial charge on any atom is -0.395 e. The zero-order valence-electron chi connectivity index (χ0n) is 6.48. The van der Waals surface area contributed by atoms with Crippen LogP contribution in [0.3, 0.4) is 0 Å². The molecule has 0 aromatic heterocycles. The second kappa shape index (κ2) is 4.19. The summed E-state index contributed by atoms with van der Waals surface area (Å²) in [5.74, 6) is -0.765. The van der Waals surface area contributed by atoms with Crippen molar-refractivity contribution in [2.75, 3.05) is 11.1 Å². The van der Waals surface area contributed by atoms with Gasteiger partial charge in [-0.05, 0) is 28.1 Å². The third kappa shape index (κ3) is 2.28. The van der Waals surface area contributed by atoms with E-state index in [1.807, 2.05) is 0 Å². The number of anilines is 1. The van der Waals surface area contributed by atoms with Crippen molar-refractivity contribution in [3.63, 3.8) is 0 Å². The molecule has 0 spiro atoms. The van der Waals surface area contributed by atoms with Gasteiger partial charge in [0, 0.05) is 10.0 Å². The summed E-state index contributed by atoms with van der Waals surface area (Å²) in [6, 6.07) is 2.63. The molecule has 0 amide bonds. The minimum absolute atomic E-state index is 0.0196. The summed E-state index contributed by atoms with van der Waals surface area (Å²) in [4.78, 5) is 11.2. The molecule has 0 aliphatic carbocycles. The van der Waals surface area contributed by atoms with Gasteiger partial charge in [-0.3, -0.25) is 4.79 Å². The summed E-state index contributed by atoms with van der Waals surface area (Å²) in [5, 5.41) is 0.169. The maximum atomic E-state index is 13.0. The minimum atomic E-state index is -0.585. The summed E-state index contributed by atoms with van der Waals surface area (Å²) in [6.07, 6.45) is 0. The Hall–Kier alpha value is -0.420. The number of benzene rings is 1. The van der Waals surface area contributed by atoms with Crippen LogP contribution < -0.4 is 5.73 Å². The van der Waals surface area contributed by atoms with Gasteiger partial charge in [-0.15, -0.1) is 0 Å². The topological polar surface area (TPSA) is 43.1 Å². The Balaban J connectivity index is 3.20. The molecule has 0 saturated carbocycles. The molecule has 0 fully saturated rings. The van der Waals surface area contributed by atoms with Crippen LogP contribution in [0.4, 0.5) is 10.1 Å². The molecule has 1 aromatic rings. The Kier molecular flexibility index (Phi) is 3.44. The van der Waals surface area contributed by atoms with Gasteiger partial charge in [-0.1, -0.05) is 15.9 Å². The quantitative estimate of drug-likeness (QED) is 0.518. The average Bonchev–Trinajstić information content (AvgIpc) is 2.12. The van der Waals surface area contributed by atoms with Crippen molar-refractivity contribution in [2.45, 2.75) is 0 Å². The van der Waals surface area contributed by atoms with Crippen LogP contribution in [0.1, 0.15) is 10.4 Å². The first-order valence-corrected chi connectivity index (χ1v) is 5.31. The number of ketones is 1. The van der Waals surface area contributed by atoms with Crippen LogP contribution >= 0.6 is 31.9 Å². The molecule has 1 aromatic carbocycles. The Morgan fingerprint density at radius 1 is 1.54 bits per heavy atom. The Bertz CT molecular complexity index is 331. The van der Waals surface area contributed by atoms with Gasteiger partial charge >= 0.3 is 0 Å². The normalized spacial score (nSPS) is 10.1. The van der Waals surface area contributed by atoms with Crippen molar-refractivity contribution in [1.82, 2.24) is 0 Å². The van der Waals surface area contributed by atoms with Crippen molar-refractivity contribution in [2.24, 2.45) is 0 Å². The number of carbonyl (C=O) groups excluding carboxylic acids is 1. The first-order valence-electron chi connectivity index (χ1n) is 3.40. The molecule has 0 radical (unpaired) electrons. The third-order valence-electron chi connectivity index (χ3n) is 1.52. The van der Waals surface area contributed by atoms with E-state index in [1.54, 1.807) is 0 Å². The molecular weight excluding hydrogens is 305 g/mol. The average molecular weight is 311 g/mol. The highest BCUT2D eigenvalue weighted by Crippen LogP contribution is 2.24. The molecule has 1 rings (SSSR count). The summed E-state index contributed by atoms with van der Waals surface area (Å²) in [6.45, 7) is 0. The molecule has 0 heterocycles. The van der Waals surface area contributed by atoms with E-state index in [4.69, 9.17) is 5.73 Å². The number of nitrogens with two attached hydrogens (primary N) is 1. The van der Waals surface area contributed by atoms with E-state index in [0.717, 1.165) is 6.07 Å². The number of Topliss-reactive ketones (excluding diaryl/α,β-unsaturated/α-hetero) is 1. The van der Waals surface area contributed by atoms with E-state index in [2.05, 4.69) is 31.9 Å². The zero-order chi connectivity index (χ0) is 10.0. The molecule has 0 atom stereocenters. The maximum absolute atomic E-state index is 13.0. The zero-order valence-corrected chi connectivity index (χ0v) is 9.65. The lowest BCUT2D eigenvalue weighted by molar-refractivity contribution is 0.102. The predicted molar refractivity (Wildman–Crippen MR) is 56.6 cm³/mol. The molecule has 13 heavy (non-hydrogen) atoms. The van der Waals surface area contributed by atoms with Gasteiger partial charge in [0.15, 0.2) is 5.78 Å². The lowest BCUT2D eigenvalue weighted by Gasteiger charge is -2.03. The van der Waals surface area contributed by atoms with E-state index in [9.17, 15) is 9.18 Å². The highest BCUT2D eigenvalue weighted by molar-refractivity contribution is 9.10. The fourth-order valence-electron chi connectivity index (χ4n) is 0.822. The SMILES string of the molecule is Nc1c(F)cc(C(=O)CBr)cc1Br. The Morgan fingerprint density at radius 2 is 2.15 bits per heavy atom. The van der Waals surface area contributed by atoms with Crippen LogP contribution in [0.15, 0.2) is 16.6 Å². The van der Waals surface area contributed by atoms with Gasteiger partial charge in [0.2, 0.25) is 0 Å². The van der Waals surface area contributed by atoms with E-state index < -0.39 is 5.82 Å². The lowest BCUT2D eigenvalue weighted by Crippen LogP contribution is -2.02. The highest BCUT2D eigenvalue weighted by Gasteiger charge is 2.10. The summed E-state index contributed by atoms with van der Waals surface area (Å²) in [7, 11) is 0. The van der Waals surface area contributed by atoms with E-state index in [0.29, 0.717) is 10.0 Å². The van der Waals surface area contributed by atoms with Gasteiger partial charge in [0.25, 0.3) is 0 Å². The van der Waals surface area contributed by atoms with Gasteiger partial charge < -0.3 is 5.73 Å². The van der Waals surface area contributed by atoms with Gasteiger partial charge in [-0.2, -0.15) is 0 Å². The molecule has 5 heteroatoms. The number of alkyl halides is 1. The fraction of sp³-hybridized carbons (Fsp3) is 0.125. The molecule has 0 unspecified atom stereocenters. The van der Waals surface area contributed by atoms with Crippen LogP contribution in [0.25, 0.3) is 0 Å². The molecule has 0 aliphatic heterocycles. The van der Waals surface area contributed by atoms with Crippen LogP contribution in [0.5, 0.6) is 0 Å². The number of halogens is 3. The smallest absolute Gasteiger partial charge is 0.173 e. The molecule has 0 aliphatic rings. The molecular formula is C8H6Br2FNO. The van der Waals surface area contributed by atoms with Crippen molar-refractivity contribution < 1.29 is 9.18 Å². The van der Waals surface area contributed by atoms with Gasteiger partial charge in [0.1, 0.15) is 5.82 Å². The molecule has 2 N–H and O–H groups in total. The van der Waals surface area contributed by atoms with Crippen molar-refractivity contribution >= 4 is 43.3 Å². The fourth-order valence-corrected chi connectivity index (χ4v) is 1.58. The van der Waals surface area contributed by atoms with E-state index in [-0.39, 0.29) is 16.8 Å². The predicted octanol–water partition coefficient (Wildman–Crippen LogP) is 2.75. The molecule has 0 saturated heterocycles. The van der Waals surface area contributed by atoms with Gasteiger partial charge in [0.05, 0.1) is 11.0 Å². The highest BCUT2D eigenvalue weighted by atomic mass is 79.9. The van der Waals surface area contributed by atoms with Crippen molar-refractivity contribution in [1.29, 1.82) is 0 Å².